The lowest BCUT2D eigenvalue weighted by Crippen LogP contribution is -1.89. The molecule has 2 rings (SSSR count). The van der Waals surface area contributed by atoms with Crippen LogP contribution in [0, 0.1) is 5.82 Å². The number of hydrogen-bond donors (Lipinski definition) is 0. The van der Waals surface area contributed by atoms with E-state index in [0.717, 1.165) is 11.1 Å². The second-order valence-corrected chi connectivity index (χ2v) is 4.37. The van der Waals surface area contributed by atoms with Crippen molar-refractivity contribution in [3.05, 3.63) is 69.5 Å². The minimum absolute atomic E-state index is 0.224. The summed E-state index contributed by atoms with van der Waals surface area (Å²) in [4.78, 5) is 0. The van der Waals surface area contributed by atoms with Crippen LogP contribution in [0.2, 0.25) is 10.0 Å². The molecule has 0 heterocycles. The summed E-state index contributed by atoms with van der Waals surface area (Å²) in [6.45, 7) is 0. The van der Waals surface area contributed by atoms with Gasteiger partial charge in [0.2, 0.25) is 0 Å². The molecule has 0 atom stereocenters. The molecule has 0 amide bonds. The highest BCUT2D eigenvalue weighted by atomic mass is 35.5. The van der Waals surface area contributed by atoms with E-state index in [4.69, 9.17) is 23.2 Å². The first-order valence-corrected chi connectivity index (χ1v) is 5.59. The topological polar surface area (TPSA) is 0 Å². The van der Waals surface area contributed by atoms with Crippen molar-refractivity contribution in [2.45, 2.75) is 6.42 Å². The molecule has 0 nitrogen and oxygen atoms in total. The molecular weight excluding hydrogens is 246 g/mol. The highest BCUT2D eigenvalue weighted by Gasteiger charge is 2.01. The van der Waals surface area contributed by atoms with Crippen molar-refractivity contribution in [3.8, 4) is 0 Å². The average molecular weight is 255 g/mol. The van der Waals surface area contributed by atoms with Crippen LogP contribution in [0.4, 0.5) is 4.39 Å². The Labute approximate surface area is 104 Å². The zero-order valence-electron chi connectivity index (χ0n) is 8.38. The van der Waals surface area contributed by atoms with E-state index in [0.29, 0.717) is 16.5 Å². The van der Waals surface area contributed by atoms with Gasteiger partial charge in [0.1, 0.15) is 5.82 Å². The maximum atomic E-state index is 13.0. The van der Waals surface area contributed by atoms with Crippen LogP contribution < -0.4 is 0 Å². The summed E-state index contributed by atoms with van der Waals surface area (Å²) >= 11 is 11.7. The lowest BCUT2D eigenvalue weighted by molar-refractivity contribution is 0.626. The fraction of sp³-hybridized carbons (Fsp3) is 0.0769. The van der Waals surface area contributed by atoms with Crippen LogP contribution in [-0.4, -0.2) is 0 Å². The SMILES string of the molecule is Fc1cccc(Cc2ccc(Cl)c(Cl)c2)c1. The minimum atomic E-state index is -0.224. The Morgan fingerprint density at radius 1 is 0.875 bits per heavy atom. The normalized spacial score (nSPS) is 10.4. The Hall–Kier alpha value is -1.05. The second-order valence-electron chi connectivity index (χ2n) is 3.56. The third-order valence-corrected chi connectivity index (χ3v) is 3.02. The summed E-state index contributed by atoms with van der Waals surface area (Å²) in [5.41, 5.74) is 1.93. The molecule has 0 unspecified atom stereocenters. The van der Waals surface area contributed by atoms with Gasteiger partial charge < -0.3 is 0 Å². The lowest BCUT2D eigenvalue weighted by Gasteiger charge is -2.03. The molecule has 0 saturated carbocycles. The first-order valence-electron chi connectivity index (χ1n) is 4.83. The fourth-order valence-electron chi connectivity index (χ4n) is 1.53. The Bertz CT molecular complexity index is 509. The van der Waals surface area contributed by atoms with Gasteiger partial charge in [0.25, 0.3) is 0 Å². The van der Waals surface area contributed by atoms with E-state index in [2.05, 4.69) is 0 Å². The van der Waals surface area contributed by atoms with E-state index in [9.17, 15) is 4.39 Å². The van der Waals surface area contributed by atoms with Gasteiger partial charge in [0, 0.05) is 0 Å². The van der Waals surface area contributed by atoms with E-state index in [1.807, 2.05) is 12.1 Å². The van der Waals surface area contributed by atoms with E-state index in [-0.39, 0.29) is 5.82 Å². The lowest BCUT2D eigenvalue weighted by atomic mass is 10.1. The molecule has 0 fully saturated rings. The third-order valence-electron chi connectivity index (χ3n) is 2.28. The van der Waals surface area contributed by atoms with Crippen molar-refractivity contribution in [1.82, 2.24) is 0 Å². The van der Waals surface area contributed by atoms with Crippen molar-refractivity contribution >= 4 is 23.2 Å². The van der Waals surface area contributed by atoms with Gasteiger partial charge in [-0.3, -0.25) is 0 Å². The molecule has 0 aliphatic rings. The molecule has 3 heteroatoms. The molecule has 16 heavy (non-hydrogen) atoms. The molecule has 0 radical (unpaired) electrons. The van der Waals surface area contributed by atoms with E-state index < -0.39 is 0 Å². The van der Waals surface area contributed by atoms with Crippen molar-refractivity contribution in [2.24, 2.45) is 0 Å². The molecule has 0 aliphatic heterocycles. The van der Waals surface area contributed by atoms with Crippen LogP contribution >= 0.6 is 23.2 Å². The van der Waals surface area contributed by atoms with Crippen molar-refractivity contribution < 1.29 is 4.39 Å². The van der Waals surface area contributed by atoms with Gasteiger partial charge in [-0.15, -0.1) is 0 Å². The number of halogens is 3. The predicted octanol–water partition coefficient (Wildman–Crippen LogP) is 4.72. The smallest absolute Gasteiger partial charge is 0.123 e. The largest absolute Gasteiger partial charge is 0.207 e. The fourth-order valence-corrected chi connectivity index (χ4v) is 1.85. The average Bonchev–Trinajstić information content (AvgIpc) is 2.24. The van der Waals surface area contributed by atoms with Crippen LogP contribution in [0.5, 0.6) is 0 Å². The van der Waals surface area contributed by atoms with E-state index in [1.54, 1.807) is 18.2 Å². The number of benzene rings is 2. The van der Waals surface area contributed by atoms with E-state index >= 15 is 0 Å². The summed E-state index contributed by atoms with van der Waals surface area (Å²) in [7, 11) is 0. The maximum Gasteiger partial charge on any atom is 0.123 e. The van der Waals surface area contributed by atoms with Crippen molar-refractivity contribution in [3.63, 3.8) is 0 Å². The molecule has 0 saturated heterocycles. The molecule has 0 aromatic heterocycles. The maximum absolute atomic E-state index is 13.0. The number of hydrogen-bond acceptors (Lipinski definition) is 0. The van der Waals surface area contributed by atoms with Crippen molar-refractivity contribution in [2.75, 3.05) is 0 Å². The summed E-state index contributed by atoms with van der Waals surface area (Å²) in [6, 6.07) is 12.0. The Morgan fingerprint density at radius 3 is 2.31 bits per heavy atom. The van der Waals surface area contributed by atoms with Gasteiger partial charge in [-0.05, 0) is 41.8 Å². The zero-order valence-corrected chi connectivity index (χ0v) is 9.89. The Morgan fingerprint density at radius 2 is 1.62 bits per heavy atom. The summed E-state index contributed by atoms with van der Waals surface area (Å²) < 4.78 is 13.0. The molecule has 0 N–H and O–H groups in total. The molecule has 2 aromatic rings. The summed E-state index contributed by atoms with van der Waals surface area (Å²) in [5.74, 6) is -0.224. The number of rotatable bonds is 2. The molecule has 0 bridgehead atoms. The zero-order chi connectivity index (χ0) is 11.5. The van der Waals surface area contributed by atoms with Gasteiger partial charge in [-0.2, -0.15) is 0 Å². The predicted molar refractivity (Wildman–Crippen MR) is 65.7 cm³/mol. The highest BCUT2D eigenvalue weighted by molar-refractivity contribution is 6.42. The quantitative estimate of drug-likeness (QED) is 0.728. The summed E-state index contributed by atoms with van der Waals surface area (Å²) in [5, 5.41) is 1.06. The van der Waals surface area contributed by atoms with Crippen LogP contribution in [0.15, 0.2) is 42.5 Å². The monoisotopic (exact) mass is 254 g/mol. The first kappa shape index (κ1) is 11.4. The summed E-state index contributed by atoms with van der Waals surface area (Å²) in [6.07, 6.45) is 0.647. The van der Waals surface area contributed by atoms with Crippen LogP contribution in [0.25, 0.3) is 0 Å². The van der Waals surface area contributed by atoms with Crippen LogP contribution in [0.3, 0.4) is 0 Å². The van der Waals surface area contributed by atoms with Gasteiger partial charge in [-0.1, -0.05) is 41.4 Å². The Kier molecular flexibility index (Phi) is 3.47. The molecular formula is C13H9Cl2F. The standard InChI is InChI=1S/C13H9Cl2F/c14-12-5-4-10(8-13(12)15)6-9-2-1-3-11(16)7-9/h1-5,7-8H,6H2. The minimum Gasteiger partial charge on any atom is -0.207 e. The molecule has 0 aliphatic carbocycles. The van der Waals surface area contributed by atoms with Gasteiger partial charge in [-0.25, -0.2) is 4.39 Å². The first-order chi connectivity index (χ1) is 7.65. The second kappa shape index (κ2) is 4.86. The Balaban J connectivity index is 2.24. The molecule has 82 valence electrons. The highest BCUT2D eigenvalue weighted by Crippen LogP contribution is 2.23. The van der Waals surface area contributed by atoms with Gasteiger partial charge >= 0.3 is 0 Å². The van der Waals surface area contributed by atoms with Crippen LogP contribution in [-0.2, 0) is 6.42 Å². The molecule has 0 spiro atoms. The van der Waals surface area contributed by atoms with Crippen LogP contribution in [0.1, 0.15) is 11.1 Å². The van der Waals surface area contributed by atoms with Gasteiger partial charge in [0.15, 0.2) is 0 Å². The van der Waals surface area contributed by atoms with Gasteiger partial charge in [0.05, 0.1) is 10.0 Å². The van der Waals surface area contributed by atoms with Crippen molar-refractivity contribution in [1.29, 1.82) is 0 Å². The van der Waals surface area contributed by atoms with E-state index in [1.165, 1.54) is 12.1 Å². The third kappa shape index (κ3) is 2.75. The molecule has 2 aromatic carbocycles.